The van der Waals surface area contributed by atoms with E-state index in [0.29, 0.717) is 6.54 Å². The van der Waals surface area contributed by atoms with E-state index in [9.17, 15) is 9.90 Å². The van der Waals surface area contributed by atoms with Crippen LogP contribution >= 0.6 is 0 Å². The number of carbonyl (C=O) groups is 1. The summed E-state index contributed by atoms with van der Waals surface area (Å²) < 4.78 is 2.11. The van der Waals surface area contributed by atoms with Crippen LogP contribution in [0, 0.1) is 5.92 Å². The minimum atomic E-state index is -0.124. The maximum absolute atomic E-state index is 12.1. The highest BCUT2D eigenvalue weighted by Gasteiger charge is 2.24. The molecule has 1 aromatic carbocycles. The molecule has 0 bridgehead atoms. The molecule has 2 atom stereocenters. The van der Waals surface area contributed by atoms with E-state index in [0.717, 1.165) is 49.7 Å². The molecule has 0 radical (unpaired) electrons. The maximum Gasteiger partial charge on any atom is 0.315 e. The predicted molar refractivity (Wildman–Crippen MR) is 98.3 cm³/mol. The molecule has 25 heavy (non-hydrogen) atoms. The van der Waals surface area contributed by atoms with Gasteiger partial charge in [0, 0.05) is 31.7 Å². The van der Waals surface area contributed by atoms with Crippen molar-refractivity contribution in [2.75, 3.05) is 13.2 Å². The average Bonchev–Trinajstić information content (AvgIpc) is 2.90. The third-order valence-electron chi connectivity index (χ3n) is 5.10. The van der Waals surface area contributed by atoms with Gasteiger partial charge in [-0.3, -0.25) is 0 Å². The number of hydrogen-bond donors (Lipinski definition) is 3. The fourth-order valence-electron chi connectivity index (χ4n) is 3.65. The van der Waals surface area contributed by atoms with Crippen LogP contribution in [0.2, 0.25) is 0 Å². The van der Waals surface area contributed by atoms with Gasteiger partial charge in [-0.15, -0.1) is 0 Å². The molecule has 1 heterocycles. The van der Waals surface area contributed by atoms with Gasteiger partial charge in [0.05, 0.1) is 17.4 Å². The first-order chi connectivity index (χ1) is 12.3. The number of para-hydroxylation sites is 2. The van der Waals surface area contributed by atoms with Crippen molar-refractivity contribution in [3.63, 3.8) is 0 Å². The van der Waals surface area contributed by atoms with Crippen LogP contribution in [0.15, 0.2) is 30.6 Å². The van der Waals surface area contributed by atoms with E-state index >= 15 is 0 Å². The van der Waals surface area contributed by atoms with Crippen LogP contribution in [-0.4, -0.2) is 39.9 Å². The first kappa shape index (κ1) is 17.7. The van der Waals surface area contributed by atoms with Gasteiger partial charge >= 0.3 is 6.03 Å². The third-order valence-corrected chi connectivity index (χ3v) is 5.10. The Bertz CT molecular complexity index is 685. The van der Waals surface area contributed by atoms with Crippen molar-refractivity contribution in [1.82, 2.24) is 20.2 Å². The number of rotatable bonds is 6. The number of aromatic nitrogens is 2. The second-order valence-electron chi connectivity index (χ2n) is 6.87. The van der Waals surface area contributed by atoms with Gasteiger partial charge in [0.15, 0.2) is 0 Å². The van der Waals surface area contributed by atoms with Crippen molar-refractivity contribution in [1.29, 1.82) is 0 Å². The summed E-state index contributed by atoms with van der Waals surface area (Å²) in [4.78, 5) is 16.5. The van der Waals surface area contributed by atoms with E-state index < -0.39 is 0 Å². The molecule has 1 aromatic heterocycles. The summed E-state index contributed by atoms with van der Waals surface area (Å²) in [6.45, 7) is 1.59. The van der Waals surface area contributed by atoms with E-state index in [4.69, 9.17) is 0 Å². The number of aliphatic hydroxyl groups excluding tert-OH is 1. The fraction of sp³-hybridized carbons (Fsp3) is 0.579. The van der Waals surface area contributed by atoms with Crippen LogP contribution in [0.25, 0.3) is 11.0 Å². The van der Waals surface area contributed by atoms with Gasteiger partial charge in [-0.25, -0.2) is 9.78 Å². The Morgan fingerprint density at radius 1 is 1.24 bits per heavy atom. The molecule has 0 aliphatic heterocycles. The number of amides is 2. The van der Waals surface area contributed by atoms with Gasteiger partial charge in [-0.2, -0.15) is 0 Å². The van der Waals surface area contributed by atoms with E-state index in [1.165, 1.54) is 6.42 Å². The molecule has 6 heteroatoms. The zero-order valence-electron chi connectivity index (χ0n) is 14.7. The van der Waals surface area contributed by atoms with Crippen molar-refractivity contribution in [3.8, 4) is 0 Å². The Balaban J connectivity index is 1.41. The highest BCUT2D eigenvalue weighted by molar-refractivity contribution is 5.75. The van der Waals surface area contributed by atoms with E-state index in [1.807, 2.05) is 24.5 Å². The molecule has 136 valence electrons. The molecule has 1 aliphatic rings. The number of nitrogens with zero attached hydrogens (tertiary/aromatic N) is 2. The summed E-state index contributed by atoms with van der Waals surface area (Å²) in [5.74, 6) is 0.186. The lowest BCUT2D eigenvalue weighted by Gasteiger charge is -2.24. The van der Waals surface area contributed by atoms with Crippen LogP contribution in [0.4, 0.5) is 4.79 Å². The summed E-state index contributed by atoms with van der Waals surface area (Å²) in [5, 5.41) is 15.5. The number of nitrogens with one attached hydrogen (secondary N) is 2. The smallest absolute Gasteiger partial charge is 0.315 e. The molecule has 3 N–H and O–H groups in total. The van der Waals surface area contributed by atoms with Crippen molar-refractivity contribution < 1.29 is 9.90 Å². The van der Waals surface area contributed by atoms with Gasteiger partial charge in [0.25, 0.3) is 0 Å². The van der Waals surface area contributed by atoms with Crippen LogP contribution < -0.4 is 10.6 Å². The summed E-state index contributed by atoms with van der Waals surface area (Å²) >= 11 is 0. The van der Waals surface area contributed by atoms with Gasteiger partial charge in [0.1, 0.15) is 0 Å². The standard InChI is InChI=1S/C19H28N4O2/c24-13-15-7-2-1-3-8-16(15)22-19(25)20-11-6-12-23-14-21-17-9-4-5-10-18(17)23/h4-5,9-10,14-16,24H,1-3,6-8,11-13H2,(H2,20,22,25). The summed E-state index contributed by atoms with van der Waals surface area (Å²) in [6, 6.07) is 8.02. The average molecular weight is 344 g/mol. The first-order valence-corrected chi connectivity index (χ1v) is 9.33. The Labute approximate surface area is 148 Å². The monoisotopic (exact) mass is 344 g/mol. The van der Waals surface area contributed by atoms with Crippen molar-refractivity contribution >= 4 is 17.1 Å². The van der Waals surface area contributed by atoms with Gasteiger partial charge in [-0.05, 0) is 31.4 Å². The predicted octanol–water partition coefficient (Wildman–Crippen LogP) is 2.67. The lowest BCUT2D eigenvalue weighted by atomic mass is 9.96. The van der Waals surface area contributed by atoms with Crippen molar-refractivity contribution in [2.24, 2.45) is 5.92 Å². The Morgan fingerprint density at radius 3 is 2.96 bits per heavy atom. The molecule has 1 fully saturated rings. The van der Waals surface area contributed by atoms with Crippen molar-refractivity contribution in [2.45, 2.75) is 51.1 Å². The third kappa shape index (κ3) is 4.72. The number of benzene rings is 1. The number of urea groups is 1. The van der Waals surface area contributed by atoms with Gasteiger partial charge in [0.2, 0.25) is 0 Å². The zero-order chi connectivity index (χ0) is 17.5. The highest BCUT2D eigenvalue weighted by Crippen LogP contribution is 2.23. The minimum absolute atomic E-state index is 0.0880. The SMILES string of the molecule is O=C(NCCCn1cnc2ccccc21)NC1CCCCCC1CO. The molecule has 0 spiro atoms. The lowest BCUT2D eigenvalue weighted by molar-refractivity contribution is 0.179. The fourth-order valence-corrected chi connectivity index (χ4v) is 3.65. The summed E-state index contributed by atoms with van der Waals surface area (Å²) in [6.07, 6.45) is 8.10. The van der Waals surface area contributed by atoms with Gasteiger partial charge in [-0.1, -0.05) is 31.4 Å². The topological polar surface area (TPSA) is 79.2 Å². The van der Waals surface area contributed by atoms with Crippen LogP contribution in [0.3, 0.4) is 0 Å². The molecule has 1 aliphatic carbocycles. The molecule has 3 rings (SSSR count). The van der Waals surface area contributed by atoms with Crippen LogP contribution in [0.5, 0.6) is 0 Å². The number of hydrogen-bond acceptors (Lipinski definition) is 3. The molecule has 2 amide bonds. The Morgan fingerprint density at radius 2 is 2.08 bits per heavy atom. The van der Waals surface area contributed by atoms with E-state index in [2.05, 4.69) is 26.3 Å². The molecule has 6 nitrogen and oxygen atoms in total. The highest BCUT2D eigenvalue weighted by atomic mass is 16.3. The van der Waals surface area contributed by atoms with Crippen LogP contribution in [0.1, 0.15) is 38.5 Å². The van der Waals surface area contributed by atoms with Gasteiger partial charge < -0.3 is 20.3 Å². The largest absolute Gasteiger partial charge is 0.396 e. The van der Waals surface area contributed by atoms with E-state index in [-0.39, 0.29) is 24.6 Å². The Hall–Kier alpha value is -2.08. The van der Waals surface area contributed by atoms with E-state index in [1.54, 1.807) is 0 Å². The second-order valence-corrected chi connectivity index (χ2v) is 6.87. The molecule has 2 aromatic rings. The first-order valence-electron chi connectivity index (χ1n) is 9.33. The molecule has 0 saturated heterocycles. The number of carbonyl (C=O) groups excluding carboxylic acids is 1. The number of fused-ring (bicyclic) bond motifs is 1. The molecular formula is C19H28N4O2. The molecular weight excluding hydrogens is 316 g/mol. The maximum atomic E-state index is 12.1. The molecule has 1 saturated carbocycles. The summed E-state index contributed by atoms with van der Waals surface area (Å²) in [7, 11) is 0. The quantitative estimate of drug-likeness (QED) is 0.557. The number of imidazole rings is 1. The lowest BCUT2D eigenvalue weighted by Crippen LogP contribution is -2.46. The number of aliphatic hydroxyl groups is 1. The second kappa shape index (κ2) is 8.85. The minimum Gasteiger partial charge on any atom is -0.396 e. The van der Waals surface area contributed by atoms with Crippen LogP contribution in [-0.2, 0) is 6.54 Å². The Kier molecular flexibility index (Phi) is 6.28. The molecule has 2 unspecified atom stereocenters. The normalized spacial score (nSPS) is 21.0. The number of aryl methyl sites for hydroxylation is 1. The van der Waals surface area contributed by atoms with Crippen molar-refractivity contribution in [3.05, 3.63) is 30.6 Å². The zero-order valence-corrected chi connectivity index (χ0v) is 14.7. The summed E-state index contributed by atoms with van der Waals surface area (Å²) in [5.41, 5.74) is 2.12.